The standard InChI is InChI=1S/C24H21N3O4S2/c1-14-13-33-24(25-14)27-15(2)11-19(16(27)3)20(28)12-31-23(30)17-6-8-18(9-7-17)26-22(29)21-5-4-10-32-21/h4-11,13H,12H2,1-3H3,(H,26,29). The van der Waals surface area contributed by atoms with Crippen LogP contribution in [-0.4, -0.2) is 33.8 Å². The molecular weight excluding hydrogens is 458 g/mol. The number of thiophene rings is 1. The molecule has 3 heterocycles. The Balaban J connectivity index is 1.38. The summed E-state index contributed by atoms with van der Waals surface area (Å²) < 4.78 is 7.17. The van der Waals surface area contributed by atoms with Gasteiger partial charge in [-0.05, 0) is 62.5 Å². The van der Waals surface area contributed by atoms with Gasteiger partial charge in [-0.2, -0.15) is 0 Å². The summed E-state index contributed by atoms with van der Waals surface area (Å²) >= 11 is 2.85. The fourth-order valence-electron chi connectivity index (χ4n) is 3.37. The number of aromatic nitrogens is 2. The number of rotatable bonds is 7. The van der Waals surface area contributed by atoms with E-state index in [4.69, 9.17) is 4.74 Å². The van der Waals surface area contributed by atoms with Crippen LogP contribution in [-0.2, 0) is 4.74 Å². The molecule has 7 nitrogen and oxygen atoms in total. The number of amides is 1. The number of esters is 1. The number of nitrogens with one attached hydrogen (secondary N) is 1. The minimum Gasteiger partial charge on any atom is -0.454 e. The summed E-state index contributed by atoms with van der Waals surface area (Å²) in [5, 5.41) is 7.35. The molecule has 1 N–H and O–H groups in total. The number of ketones is 1. The lowest BCUT2D eigenvalue weighted by molar-refractivity contribution is 0.0474. The van der Waals surface area contributed by atoms with Crippen LogP contribution in [0.25, 0.3) is 5.13 Å². The van der Waals surface area contributed by atoms with Gasteiger partial charge in [-0.25, -0.2) is 9.78 Å². The molecule has 33 heavy (non-hydrogen) atoms. The number of carbonyl (C=O) groups is 3. The first kappa shape index (κ1) is 22.6. The first-order chi connectivity index (χ1) is 15.8. The highest BCUT2D eigenvalue weighted by Crippen LogP contribution is 2.24. The molecule has 4 rings (SSSR count). The molecule has 0 bridgehead atoms. The molecule has 1 aromatic carbocycles. The molecule has 0 aliphatic rings. The highest BCUT2D eigenvalue weighted by Gasteiger charge is 2.20. The van der Waals surface area contributed by atoms with Crippen molar-refractivity contribution in [1.82, 2.24) is 9.55 Å². The Morgan fingerprint density at radius 3 is 2.45 bits per heavy atom. The summed E-state index contributed by atoms with van der Waals surface area (Å²) in [6.07, 6.45) is 0. The normalized spacial score (nSPS) is 10.8. The van der Waals surface area contributed by atoms with E-state index in [1.807, 2.05) is 36.1 Å². The van der Waals surface area contributed by atoms with Gasteiger partial charge in [0.25, 0.3) is 5.91 Å². The van der Waals surface area contributed by atoms with Crippen LogP contribution in [0.15, 0.2) is 53.2 Å². The second-order valence-electron chi connectivity index (χ2n) is 7.40. The highest BCUT2D eigenvalue weighted by atomic mass is 32.1. The van der Waals surface area contributed by atoms with Crippen molar-refractivity contribution >= 4 is 46.0 Å². The molecule has 0 fully saturated rings. The maximum atomic E-state index is 12.7. The average molecular weight is 480 g/mol. The molecular formula is C24H21N3O4S2. The maximum absolute atomic E-state index is 12.7. The van der Waals surface area contributed by atoms with Gasteiger partial charge < -0.3 is 10.1 Å². The van der Waals surface area contributed by atoms with Crippen LogP contribution in [0.1, 0.15) is 47.5 Å². The minimum absolute atomic E-state index is 0.212. The van der Waals surface area contributed by atoms with Crippen molar-refractivity contribution in [1.29, 1.82) is 0 Å². The van der Waals surface area contributed by atoms with E-state index in [-0.39, 0.29) is 18.3 Å². The number of anilines is 1. The summed E-state index contributed by atoms with van der Waals surface area (Å²) in [7, 11) is 0. The lowest BCUT2D eigenvalue weighted by Gasteiger charge is -2.07. The van der Waals surface area contributed by atoms with Crippen molar-refractivity contribution in [2.75, 3.05) is 11.9 Å². The van der Waals surface area contributed by atoms with E-state index in [2.05, 4.69) is 10.3 Å². The molecule has 0 aliphatic carbocycles. The third-order valence-corrected chi connectivity index (χ3v) is 6.80. The van der Waals surface area contributed by atoms with Gasteiger partial charge in [0.2, 0.25) is 5.78 Å². The smallest absolute Gasteiger partial charge is 0.338 e. The van der Waals surface area contributed by atoms with Crippen molar-refractivity contribution < 1.29 is 19.1 Å². The van der Waals surface area contributed by atoms with Crippen LogP contribution < -0.4 is 5.32 Å². The second-order valence-corrected chi connectivity index (χ2v) is 9.18. The largest absolute Gasteiger partial charge is 0.454 e. The van der Waals surface area contributed by atoms with E-state index in [1.165, 1.54) is 22.7 Å². The molecule has 0 saturated heterocycles. The molecule has 0 atom stereocenters. The molecule has 0 unspecified atom stereocenters. The molecule has 0 radical (unpaired) electrons. The van der Waals surface area contributed by atoms with Crippen LogP contribution >= 0.6 is 22.7 Å². The number of Topliss-reactive ketones (excluding diaryl/α,β-unsaturated/α-hetero) is 1. The van der Waals surface area contributed by atoms with E-state index >= 15 is 0 Å². The van der Waals surface area contributed by atoms with Gasteiger partial charge in [-0.3, -0.25) is 14.2 Å². The predicted molar refractivity (Wildman–Crippen MR) is 129 cm³/mol. The lowest BCUT2D eigenvalue weighted by atomic mass is 10.1. The fourth-order valence-corrected chi connectivity index (χ4v) is 4.90. The predicted octanol–water partition coefficient (Wildman–Crippen LogP) is 5.21. The summed E-state index contributed by atoms with van der Waals surface area (Å²) in [6, 6.07) is 11.7. The molecule has 168 valence electrons. The monoisotopic (exact) mass is 479 g/mol. The highest BCUT2D eigenvalue weighted by molar-refractivity contribution is 7.12. The van der Waals surface area contributed by atoms with E-state index in [9.17, 15) is 14.4 Å². The number of carbonyl (C=O) groups excluding carboxylic acids is 3. The summed E-state index contributed by atoms with van der Waals surface area (Å²) in [5.41, 5.74) is 3.91. The summed E-state index contributed by atoms with van der Waals surface area (Å²) in [4.78, 5) is 42.3. The molecule has 4 aromatic rings. The summed E-state index contributed by atoms with van der Waals surface area (Å²) in [5.74, 6) is -1.10. The third kappa shape index (κ3) is 4.94. The van der Waals surface area contributed by atoms with E-state index in [1.54, 1.807) is 42.5 Å². The Morgan fingerprint density at radius 2 is 1.82 bits per heavy atom. The topological polar surface area (TPSA) is 90.3 Å². The Morgan fingerprint density at radius 1 is 1.06 bits per heavy atom. The zero-order valence-electron chi connectivity index (χ0n) is 18.2. The number of nitrogens with zero attached hydrogens (tertiary/aromatic N) is 2. The van der Waals surface area contributed by atoms with Crippen molar-refractivity contribution in [2.45, 2.75) is 20.8 Å². The fraction of sp³-hybridized carbons (Fsp3) is 0.167. The Hall–Kier alpha value is -3.56. The zero-order chi connectivity index (χ0) is 23.5. The SMILES string of the molecule is Cc1csc(-n2c(C)cc(C(=O)COC(=O)c3ccc(NC(=O)c4cccs4)cc3)c2C)n1. The maximum Gasteiger partial charge on any atom is 0.338 e. The quantitative estimate of drug-likeness (QED) is 0.290. The molecule has 1 amide bonds. The van der Waals surface area contributed by atoms with Gasteiger partial charge >= 0.3 is 5.97 Å². The van der Waals surface area contributed by atoms with Gasteiger partial charge in [0.1, 0.15) is 0 Å². The van der Waals surface area contributed by atoms with Gasteiger partial charge in [-0.1, -0.05) is 6.07 Å². The van der Waals surface area contributed by atoms with Crippen LogP contribution in [0.5, 0.6) is 0 Å². The Bertz CT molecular complexity index is 1320. The first-order valence-corrected chi connectivity index (χ1v) is 11.9. The number of hydrogen-bond donors (Lipinski definition) is 1. The van der Waals surface area contributed by atoms with Crippen LogP contribution in [0.2, 0.25) is 0 Å². The number of ether oxygens (including phenoxy) is 1. The third-order valence-electron chi connectivity index (χ3n) is 4.99. The van der Waals surface area contributed by atoms with E-state index < -0.39 is 5.97 Å². The van der Waals surface area contributed by atoms with Crippen molar-refractivity contribution in [2.24, 2.45) is 0 Å². The lowest BCUT2D eigenvalue weighted by Crippen LogP contribution is -2.15. The molecule has 0 aliphatic heterocycles. The molecule has 9 heteroatoms. The van der Waals surface area contributed by atoms with E-state index in [0.717, 1.165) is 22.2 Å². The molecule has 0 saturated carbocycles. The van der Waals surface area contributed by atoms with Crippen molar-refractivity contribution in [3.05, 3.63) is 86.3 Å². The van der Waals surface area contributed by atoms with Crippen LogP contribution in [0.3, 0.4) is 0 Å². The minimum atomic E-state index is -0.608. The number of hydrogen-bond acceptors (Lipinski definition) is 7. The Kier molecular flexibility index (Phi) is 6.52. The van der Waals surface area contributed by atoms with Gasteiger partial charge in [0.05, 0.1) is 16.1 Å². The van der Waals surface area contributed by atoms with Gasteiger partial charge in [-0.15, -0.1) is 22.7 Å². The van der Waals surface area contributed by atoms with Gasteiger partial charge in [0.15, 0.2) is 11.7 Å². The number of thiazole rings is 1. The molecule has 3 aromatic heterocycles. The van der Waals surface area contributed by atoms with Gasteiger partial charge in [0, 0.05) is 28.0 Å². The second kappa shape index (κ2) is 9.51. The molecule has 0 spiro atoms. The van der Waals surface area contributed by atoms with Crippen molar-refractivity contribution in [3.63, 3.8) is 0 Å². The summed E-state index contributed by atoms with van der Waals surface area (Å²) in [6.45, 7) is 5.31. The van der Waals surface area contributed by atoms with E-state index in [0.29, 0.717) is 21.7 Å². The Labute approximate surface area is 198 Å². The van der Waals surface area contributed by atoms with Crippen molar-refractivity contribution in [3.8, 4) is 5.13 Å². The van der Waals surface area contributed by atoms with Crippen LogP contribution in [0, 0.1) is 20.8 Å². The zero-order valence-corrected chi connectivity index (χ0v) is 19.9. The first-order valence-electron chi connectivity index (χ1n) is 10.1. The average Bonchev–Trinajstić information content (AvgIpc) is 3.53. The van der Waals surface area contributed by atoms with Crippen LogP contribution in [0.4, 0.5) is 5.69 Å². The number of benzene rings is 1. The number of aryl methyl sites for hydroxylation is 2.